The second-order valence-corrected chi connectivity index (χ2v) is 6.69. The number of fused-ring (bicyclic) bond motifs is 1. The molecule has 1 spiro atoms. The van der Waals surface area contributed by atoms with E-state index >= 15 is 0 Å². The van der Waals surface area contributed by atoms with E-state index in [4.69, 9.17) is 21.1 Å². The molecule has 130 valence electrons. The number of halogens is 1. The molecule has 1 fully saturated rings. The zero-order valence-electron chi connectivity index (χ0n) is 13.5. The van der Waals surface area contributed by atoms with Gasteiger partial charge in [-0.15, -0.1) is 0 Å². The molecule has 4 rings (SSSR count). The Morgan fingerprint density at radius 3 is 2.36 bits per heavy atom. The van der Waals surface area contributed by atoms with E-state index in [0.717, 1.165) is 11.5 Å². The van der Waals surface area contributed by atoms with E-state index in [1.165, 1.54) is 6.07 Å². The number of aromatic amines is 1. The average molecular weight is 361 g/mol. The Morgan fingerprint density at radius 2 is 1.76 bits per heavy atom. The topological polar surface area (TPSA) is 71.6 Å². The van der Waals surface area contributed by atoms with Gasteiger partial charge in [0.2, 0.25) is 5.91 Å². The van der Waals surface area contributed by atoms with Crippen molar-refractivity contribution in [3.63, 3.8) is 0 Å². The third-order valence-electron chi connectivity index (χ3n) is 4.58. The van der Waals surface area contributed by atoms with E-state index in [1.807, 2.05) is 24.3 Å². The van der Waals surface area contributed by atoms with Crippen molar-refractivity contribution in [3.8, 4) is 11.5 Å². The number of piperidine rings is 1. The van der Waals surface area contributed by atoms with Crippen LogP contribution in [0.1, 0.15) is 18.5 Å². The first kappa shape index (κ1) is 16.0. The molecule has 6 nitrogen and oxygen atoms in total. The molecule has 1 amide bonds. The summed E-state index contributed by atoms with van der Waals surface area (Å²) in [5, 5.41) is 0.117. The molecule has 7 heteroatoms. The van der Waals surface area contributed by atoms with Crippen molar-refractivity contribution in [2.75, 3.05) is 13.1 Å². The lowest BCUT2D eigenvalue weighted by Gasteiger charge is -2.37. The Hall–Kier alpha value is -2.47. The summed E-state index contributed by atoms with van der Waals surface area (Å²) >= 11 is 5.71. The minimum Gasteiger partial charge on any atom is -0.448 e. The van der Waals surface area contributed by atoms with Crippen molar-refractivity contribution in [1.29, 1.82) is 0 Å². The summed E-state index contributed by atoms with van der Waals surface area (Å²) < 4.78 is 12.0. The van der Waals surface area contributed by atoms with E-state index in [1.54, 1.807) is 11.0 Å². The van der Waals surface area contributed by atoms with Gasteiger partial charge in [0.05, 0.1) is 6.42 Å². The summed E-state index contributed by atoms with van der Waals surface area (Å²) in [6.45, 7) is 1.09. The fourth-order valence-electron chi connectivity index (χ4n) is 3.22. The summed E-state index contributed by atoms with van der Waals surface area (Å²) in [5.41, 5.74) is 0.176. The fourth-order valence-corrected chi connectivity index (χ4v) is 3.33. The van der Waals surface area contributed by atoms with E-state index in [0.29, 0.717) is 31.6 Å². The van der Waals surface area contributed by atoms with Crippen LogP contribution < -0.4 is 15.0 Å². The SMILES string of the molecule is O=C(Cc1ccc(Cl)c(=O)[nH]1)N1CCC2(CC1)Oc1ccccc1O2. The molecule has 1 saturated heterocycles. The van der Waals surface area contributed by atoms with Gasteiger partial charge in [0.25, 0.3) is 11.3 Å². The average Bonchev–Trinajstić information content (AvgIpc) is 2.96. The van der Waals surface area contributed by atoms with Crippen LogP contribution in [0.2, 0.25) is 5.02 Å². The summed E-state index contributed by atoms with van der Waals surface area (Å²) in [6.07, 6.45) is 1.34. The molecule has 2 aliphatic rings. The summed E-state index contributed by atoms with van der Waals surface area (Å²) in [7, 11) is 0. The summed E-state index contributed by atoms with van der Waals surface area (Å²) in [4.78, 5) is 28.4. The first-order valence-corrected chi connectivity index (χ1v) is 8.55. The maximum atomic E-state index is 12.5. The Bertz CT molecular complexity index is 844. The van der Waals surface area contributed by atoms with Gasteiger partial charge in [-0.2, -0.15) is 0 Å². The smallest absolute Gasteiger partial charge is 0.266 e. The van der Waals surface area contributed by atoms with Gasteiger partial charge >= 0.3 is 0 Å². The molecular weight excluding hydrogens is 344 g/mol. The number of para-hydroxylation sites is 2. The van der Waals surface area contributed by atoms with Crippen LogP contribution in [-0.2, 0) is 11.2 Å². The molecule has 0 saturated carbocycles. The summed E-state index contributed by atoms with van der Waals surface area (Å²) in [6, 6.07) is 10.8. The quantitative estimate of drug-likeness (QED) is 0.892. The van der Waals surface area contributed by atoms with Gasteiger partial charge in [0.1, 0.15) is 5.02 Å². The lowest BCUT2D eigenvalue weighted by Crippen LogP contribution is -2.51. The number of nitrogens with zero attached hydrogens (tertiary/aromatic N) is 1. The Labute approximate surface area is 149 Å². The van der Waals surface area contributed by atoms with E-state index in [2.05, 4.69) is 4.98 Å². The van der Waals surface area contributed by atoms with Gasteiger partial charge in [-0.05, 0) is 24.3 Å². The number of benzene rings is 1. The molecule has 0 aliphatic carbocycles. The zero-order valence-corrected chi connectivity index (χ0v) is 14.2. The number of pyridine rings is 1. The van der Waals surface area contributed by atoms with Crippen molar-refractivity contribution >= 4 is 17.5 Å². The van der Waals surface area contributed by atoms with Crippen molar-refractivity contribution < 1.29 is 14.3 Å². The molecular formula is C18H17ClN2O4. The first-order chi connectivity index (χ1) is 12.0. The van der Waals surface area contributed by atoms with Crippen LogP contribution in [-0.4, -0.2) is 34.7 Å². The van der Waals surface area contributed by atoms with Crippen LogP contribution in [0.5, 0.6) is 11.5 Å². The predicted molar refractivity (Wildman–Crippen MR) is 92.0 cm³/mol. The van der Waals surface area contributed by atoms with Crippen LogP contribution >= 0.6 is 11.6 Å². The Kier molecular flexibility index (Phi) is 3.92. The third kappa shape index (κ3) is 3.09. The predicted octanol–water partition coefficient (Wildman–Crippen LogP) is 2.36. The van der Waals surface area contributed by atoms with Crippen LogP contribution in [0, 0.1) is 0 Å². The number of carbonyl (C=O) groups is 1. The van der Waals surface area contributed by atoms with Gasteiger partial charge in [-0.25, -0.2) is 0 Å². The highest BCUT2D eigenvalue weighted by Gasteiger charge is 2.44. The van der Waals surface area contributed by atoms with Gasteiger partial charge in [0.15, 0.2) is 11.5 Å². The molecule has 1 aromatic carbocycles. The largest absolute Gasteiger partial charge is 0.448 e. The number of likely N-dealkylation sites (tertiary alicyclic amines) is 1. The number of H-pyrrole nitrogens is 1. The number of rotatable bonds is 2. The van der Waals surface area contributed by atoms with Crippen LogP contribution in [0.3, 0.4) is 0 Å². The van der Waals surface area contributed by atoms with E-state index in [9.17, 15) is 9.59 Å². The van der Waals surface area contributed by atoms with Crippen LogP contribution in [0.15, 0.2) is 41.2 Å². The summed E-state index contributed by atoms with van der Waals surface area (Å²) in [5.74, 6) is 0.792. The van der Waals surface area contributed by atoms with Gasteiger partial charge < -0.3 is 19.4 Å². The number of hydrogen-bond donors (Lipinski definition) is 1. The number of hydrogen-bond acceptors (Lipinski definition) is 4. The van der Waals surface area contributed by atoms with Crippen molar-refractivity contribution in [2.45, 2.75) is 25.0 Å². The normalized spacial score (nSPS) is 17.7. The molecule has 1 N–H and O–H groups in total. The van der Waals surface area contributed by atoms with Gasteiger partial charge in [0, 0.05) is 31.6 Å². The molecule has 3 heterocycles. The number of carbonyl (C=O) groups excluding carboxylic acids is 1. The molecule has 2 aliphatic heterocycles. The highest BCUT2D eigenvalue weighted by atomic mass is 35.5. The lowest BCUT2D eigenvalue weighted by molar-refractivity contribution is -0.145. The second kappa shape index (κ2) is 6.11. The molecule has 2 aromatic rings. The van der Waals surface area contributed by atoms with E-state index in [-0.39, 0.29) is 22.9 Å². The Morgan fingerprint density at radius 1 is 1.12 bits per heavy atom. The van der Waals surface area contributed by atoms with Crippen molar-refractivity contribution in [2.24, 2.45) is 0 Å². The van der Waals surface area contributed by atoms with Crippen LogP contribution in [0.4, 0.5) is 0 Å². The van der Waals surface area contributed by atoms with Crippen molar-refractivity contribution in [1.82, 2.24) is 9.88 Å². The fraction of sp³-hybridized carbons (Fsp3) is 0.333. The maximum absolute atomic E-state index is 12.5. The van der Waals surface area contributed by atoms with Gasteiger partial charge in [-0.3, -0.25) is 9.59 Å². The lowest BCUT2D eigenvalue weighted by atomic mass is 10.0. The highest BCUT2D eigenvalue weighted by molar-refractivity contribution is 6.30. The molecule has 0 atom stereocenters. The molecule has 0 unspecified atom stereocenters. The third-order valence-corrected chi connectivity index (χ3v) is 4.88. The van der Waals surface area contributed by atoms with Gasteiger partial charge in [-0.1, -0.05) is 23.7 Å². The molecule has 1 aromatic heterocycles. The molecule has 25 heavy (non-hydrogen) atoms. The number of ether oxygens (including phenoxy) is 2. The minimum atomic E-state index is -0.672. The maximum Gasteiger partial charge on any atom is 0.266 e. The molecule has 0 radical (unpaired) electrons. The minimum absolute atomic E-state index is 0.0386. The highest BCUT2D eigenvalue weighted by Crippen LogP contribution is 2.43. The van der Waals surface area contributed by atoms with Crippen LogP contribution in [0.25, 0.3) is 0 Å². The zero-order chi connectivity index (χ0) is 17.4. The van der Waals surface area contributed by atoms with Crippen molar-refractivity contribution in [3.05, 3.63) is 57.5 Å². The second-order valence-electron chi connectivity index (χ2n) is 6.28. The monoisotopic (exact) mass is 360 g/mol. The number of amides is 1. The molecule has 0 bridgehead atoms. The number of nitrogens with one attached hydrogen (secondary N) is 1. The first-order valence-electron chi connectivity index (χ1n) is 8.17. The number of aromatic nitrogens is 1. The Balaban J connectivity index is 1.38. The van der Waals surface area contributed by atoms with E-state index < -0.39 is 5.79 Å². The standard InChI is InChI=1S/C18H17ClN2O4/c19-13-6-5-12(20-17(13)23)11-16(22)21-9-7-18(8-10-21)24-14-3-1-2-4-15(14)25-18/h1-6H,7-11H2,(H,20,23).